The predicted octanol–water partition coefficient (Wildman–Crippen LogP) is -5.75. The van der Waals surface area contributed by atoms with Gasteiger partial charge in [0.15, 0.2) is 31.5 Å². The second-order valence-corrected chi connectivity index (χ2v) is 31.1. The molecule has 32 nitrogen and oxygen atoms in total. The Labute approximate surface area is 561 Å². The minimum atomic E-state index is -2.05. The molecule has 0 radical (unpaired) electrons. The summed E-state index contributed by atoms with van der Waals surface area (Å²) in [5, 5.41) is 207. The largest absolute Gasteiger partial charge is 0.432 e. The van der Waals surface area contributed by atoms with Crippen molar-refractivity contribution in [3.8, 4) is 0 Å². The van der Waals surface area contributed by atoms with Crippen molar-refractivity contribution in [2.24, 2.45) is 50.7 Å². The van der Waals surface area contributed by atoms with Gasteiger partial charge in [0.05, 0.1) is 56.3 Å². The molecule has 0 amide bonds. The molecule has 32 heteroatoms. The molecule has 11 rings (SSSR count). The Morgan fingerprint density at radius 2 is 1.03 bits per heavy atom. The van der Waals surface area contributed by atoms with E-state index in [1.165, 1.54) is 6.92 Å². The summed E-state index contributed by atoms with van der Waals surface area (Å²) in [6.07, 6.45) is -43.0. The van der Waals surface area contributed by atoms with Crippen molar-refractivity contribution in [2.75, 3.05) is 33.0 Å². The van der Waals surface area contributed by atoms with Gasteiger partial charge in [-0.25, -0.2) is 0 Å². The molecule has 558 valence electrons. The molecule has 6 saturated heterocycles. The number of aliphatic hydroxyl groups is 19. The first-order chi connectivity index (χ1) is 45.5. The lowest BCUT2D eigenvalue weighted by Crippen LogP contribution is -2.68. The molecule has 0 bridgehead atoms. The first kappa shape index (κ1) is 76.1. The molecule has 97 heavy (non-hydrogen) atoms. The van der Waals surface area contributed by atoms with Crippen LogP contribution in [0.1, 0.15) is 113 Å². The summed E-state index contributed by atoms with van der Waals surface area (Å²) in [4.78, 5) is 15.3. The highest BCUT2D eigenvalue weighted by Crippen LogP contribution is 2.76. The summed E-state index contributed by atoms with van der Waals surface area (Å²) < 4.78 is 71.3. The van der Waals surface area contributed by atoms with E-state index in [1.54, 1.807) is 6.92 Å². The number of ether oxygens (including phenoxy) is 12. The normalized spacial score (nSPS) is 55.5. The fraction of sp³-hybridized carbons (Fsp3) is 0.954. The van der Waals surface area contributed by atoms with E-state index in [4.69, 9.17) is 56.8 Å². The summed E-state index contributed by atoms with van der Waals surface area (Å²) in [6.45, 7) is 12.8. The van der Waals surface area contributed by atoms with Crippen molar-refractivity contribution >= 4 is 5.97 Å². The monoisotopic (exact) mass is 1400 g/mol. The van der Waals surface area contributed by atoms with Gasteiger partial charge in [-0.05, 0) is 111 Å². The number of carbonyl (C=O) groups excluding carboxylic acids is 1. The number of allylic oxidation sites excluding steroid dienone is 1. The van der Waals surface area contributed by atoms with E-state index < -0.39 is 250 Å². The zero-order valence-corrected chi connectivity index (χ0v) is 55.9. The maximum atomic E-state index is 15.3. The molecule has 0 aromatic heterocycles. The summed E-state index contributed by atoms with van der Waals surface area (Å²) in [5.74, 6) is -1.72. The topological polar surface area (TPSA) is 512 Å². The second-order valence-electron chi connectivity index (χ2n) is 31.1. The first-order valence-corrected chi connectivity index (χ1v) is 34.3. The number of rotatable bonds is 16. The van der Waals surface area contributed by atoms with Crippen molar-refractivity contribution in [2.45, 2.75) is 303 Å². The fourth-order valence-electron chi connectivity index (χ4n) is 19.3. The van der Waals surface area contributed by atoms with Gasteiger partial charge in [-0.3, -0.25) is 4.79 Å². The van der Waals surface area contributed by atoms with Gasteiger partial charge in [-0.15, -0.1) is 0 Å². The second kappa shape index (κ2) is 28.5. The molecule has 6 aliphatic heterocycles. The molecule has 39 atom stereocenters. The Morgan fingerprint density at radius 1 is 0.495 bits per heavy atom. The molecule has 0 aromatic rings. The van der Waals surface area contributed by atoms with Crippen molar-refractivity contribution in [1.82, 2.24) is 0 Å². The molecule has 0 unspecified atom stereocenters. The van der Waals surface area contributed by atoms with Crippen molar-refractivity contribution < 1.29 is 159 Å². The van der Waals surface area contributed by atoms with Crippen LogP contribution >= 0.6 is 0 Å². The Balaban J connectivity index is 0.772. The zero-order chi connectivity index (χ0) is 70.9. The number of aliphatic hydroxyl groups excluding tert-OH is 18. The van der Waals surface area contributed by atoms with Crippen LogP contribution in [0.4, 0.5) is 0 Å². The molecule has 10 fully saturated rings. The van der Waals surface area contributed by atoms with Gasteiger partial charge in [-0.1, -0.05) is 53.2 Å². The number of fused-ring (bicyclic) bond motifs is 7. The third-order valence-electron chi connectivity index (χ3n) is 25.6. The van der Waals surface area contributed by atoms with Gasteiger partial charge in [0.1, 0.15) is 134 Å². The molecule has 4 saturated carbocycles. The fourth-order valence-corrected chi connectivity index (χ4v) is 19.3. The molecule has 11 aliphatic rings. The SMILES string of the molecule is C[C@@H]1CC[C@]2(C(=O)O[C@H]3O[C@@H](CO[C@@H]4O[C@H](CO)[C@H](O)[C@H](O)[C@H]4O)[C@@H](O)[C@@H](O)[C@@H]3O)CC[C@@]3(C)C(=CC[C@H]4[C@]5(C)CC[C@H](O[C@H]6OC[C@@H](O)[C@@H](O)[C@@H]6O[C@@H]6O[C@H](C)[C@H](O)[C@H](O[C@@H]7O[C@@H](CO)[C@H](O[C@H]8O[C@H](CO)[C@H](O)[C@@H](O)[C@@H]8O)[C@@H](O)[C@@H]7O)[C@H]6O)C(C)(C)[C@H]5CC[C@@]43C)[C@@H]2[C@@]1(C)O. The lowest BCUT2D eigenvalue weighted by atomic mass is 9.33. The van der Waals surface area contributed by atoms with Crippen LogP contribution in [0.25, 0.3) is 0 Å². The Hall–Kier alpha value is -1.99. The predicted molar refractivity (Wildman–Crippen MR) is 322 cm³/mol. The number of esters is 1. The summed E-state index contributed by atoms with van der Waals surface area (Å²) >= 11 is 0. The molecule has 6 heterocycles. The van der Waals surface area contributed by atoms with Crippen LogP contribution in [-0.2, 0) is 61.6 Å². The average Bonchev–Trinajstić information content (AvgIpc) is 0.671. The van der Waals surface area contributed by atoms with E-state index in [1.807, 2.05) is 6.92 Å². The van der Waals surface area contributed by atoms with Gasteiger partial charge in [0, 0.05) is 5.92 Å². The molecular formula is C65H106O32. The van der Waals surface area contributed by atoms with Crippen LogP contribution in [-0.4, -0.2) is 326 Å². The minimum absolute atomic E-state index is 0.0196. The van der Waals surface area contributed by atoms with Gasteiger partial charge >= 0.3 is 5.97 Å². The van der Waals surface area contributed by atoms with E-state index in [2.05, 4.69) is 40.7 Å². The quantitative estimate of drug-likeness (QED) is 0.0389. The minimum Gasteiger partial charge on any atom is -0.432 e. The van der Waals surface area contributed by atoms with Crippen molar-refractivity contribution in [3.63, 3.8) is 0 Å². The van der Waals surface area contributed by atoms with Crippen molar-refractivity contribution in [1.29, 1.82) is 0 Å². The number of carbonyl (C=O) groups is 1. The van der Waals surface area contributed by atoms with E-state index in [0.29, 0.717) is 38.5 Å². The van der Waals surface area contributed by atoms with E-state index in [0.717, 1.165) is 18.4 Å². The highest BCUT2D eigenvalue weighted by molar-refractivity contribution is 5.79. The van der Waals surface area contributed by atoms with Gasteiger partial charge in [0.2, 0.25) is 6.29 Å². The zero-order valence-electron chi connectivity index (χ0n) is 55.9. The Bertz CT molecular complexity index is 2730. The first-order valence-electron chi connectivity index (χ1n) is 34.3. The maximum absolute atomic E-state index is 15.3. The lowest BCUT2D eigenvalue weighted by Gasteiger charge is -2.72. The number of hydrogen-bond acceptors (Lipinski definition) is 32. The number of hydrogen-bond donors (Lipinski definition) is 19. The van der Waals surface area contributed by atoms with E-state index >= 15 is 4.79 Å². The molecule has 0 aromatic carbocycles. The molecule has 19 N–H and O–H groups in total. The Morgan fingerprint density at radius 3 is 1.66 bits per heavy atom. The standard InChI is InChI=1S/C65H106O32/c1-24-11-16-65(59(84)97-56-46(81)42(77)39(74)31(92-56)23-87-53-44(79)40(75)37(72)28(19-66)89-53)18-17-62(6)26(52(65)64(24,8)85)9-10-33-61(5)14-13-34(60(3,4)32(61)12-15-63(33,62)7)93-58-51(36(71)27(69)22-86-58)96-57-48(83)50(35(70)25(2)88-57)95-55-47(82)43(78)49(30(21-68)91-55)94-54-45(80)41(76)38(73)29(20-67)90-54/h9,24-25,27-58,66-83,85H,10-23H2,1-8H3/t24-,25-,27-,28-,29-,30+,31+,32-,33+,34+,35+,36-,37+,38+,39-,40+,41-,42-,43+,44-,45+,46+,47+,48-,49+,50+,51+,52-,53-,54-,55+,56-,57+,58-,61-,62+,63+,64+,65+/m1/s1. The maximum Gasteiger partial charge on any atom is 0.315 e. The van der Waals surface area contributed by atoms with Gasteiger partial charge < -0.3 is 154 Å². The molecular weight excluding hydrogens is 1290 g/mol. The third-order valence-corrected chi connectivity index (χ3v) is 25.6. The summed E-state index contributed by atoms with van der Waals surface area (Å²) in [7, 11) is 0. The molecule has 5 aliphatic carbocycles. The van der Waals surface area contributed by atoms with Gasteiger partial charge in [0.25, 0.3) is 0 Å². The Kier molecular flexibility index (Phi) is 22.4. The van der Waals surface area contributed by atoms with Crippen LogP contribution in [0, 0.1) is 50.7 Å². The highest BCUT2D eigenvalue weighted by atomic mass is 16.8. The van der Waals surface area contributed by atoms with E-state index in [-0.39, 0.29) is 36.2 Å². The highest BCUT2D eigenvalue weighted by Gasteiger charge is 2.72. The van der Waals surface area contributed by atoms with Crippen LogP contribution in [0.5, 0.6) is 0 Å². The van der Waals surface area contributed by atoms with E-state index in [9.17, 15) is 97.0 Å². The van der Waals surface area contributed by atoms with Crippen molar-refractivity contribution in [3.05, 3.63) is 11.6 Å². The van der Waals surface area contributed by atoms with Crippen LogP contribution < -0.4 is 0 Å². The van der Waals surface area contributed by atoms with Crippen LogP contribution in [0.3, 0.4) is 0 Å². The average molecular weight is 1400 g/mol. The smallest absolute Gasteiger partial charge is 0.315 e. The van der Waals surface area contributed by atoms with Gasteiger partial charge in [-0.2, -0.15) is 0 Å². The van der Waals surface area contributed by atoms with Crippen LogP contribution in [0.2, 0.25) is 0 Å². The summed E-state index contributed by atoms with van der Waals surface area (Å²) in [5.41, 5.74) is -3.75. The lowest BCUT2D eigenvalue weighted by molar-refractivity contribution is -0.390. The van der Waals surface area contributed by atoms with Crippen LogP contribution in [0.15, 0.2) is 11.6 Å². The molecule has 0 spiro atoms. The summed E-state index contributed by atoms with van der Waals surface area (Å²) in [6, 6.07) is 0. The third kappa shape index (κ3) is 12.8.